The normalized spacial score (nSPS) is 14.3. The summed E-state index contributed by atoms with van der Waals surface area (Å²) in [6, 6.07) is 21.9. The molecule has 1 aliphatic rings. The van der Waals surface area contributed by atoms with Gasteiger partial charge in [0.1, 0.15) is 39.6 Å². The van der Waals surface area contributed by atoms with Crippen molar-refractivity contribution in [3.05, 3.63) is 85.5 Å². The molecule has 30 heavy (non-hydrogen) atoms. The molecule has 0 aromatic heterocycles. The highest BCUT2D eigenvalue weighted by Crippen LogP contribution is 2.44. The standard InChI is InChI=1S/C23H19O5S2/c1-2-23(24)28-16-15-27-17-11-13-18(14-12-17)29-19-7-3-5-9-21(19)30(25,26)22-10-6-4-8-20(22)29/h2-14H,1,15-16H2/q+1. The largest absolute Gasteiger partial charge is 0.490 e. The third-order valence-corrected chi connectivity index (χ3v) is 9.00. The van der Waals surface area contributed by atoms with Gasteiger partial charge in [0.2, 0.25) is 9.84 Å². The number of ether oxygens (including phenoxy) is 2. The van der Waals surface area contributed by atoms with E-state index in [9.17, 15) is 13.2 Å². The number of rotatable bonds is 6. The molecule has 0 unspecified atom stereocenters. The van der Waals surface area contributed by atoms with Crippen LogP contribution in [-0.2, 0) is 30.3 Å². The number of hydrogen-bond donors (Lipinski definition) is 0. The summed E-state index contributed by atoms with van der Waals surface area (Å²) in [7, 11) is -4.08. The van der Waals surface area contributed by atoms with Gasteiger partial charge in [0, 0.05) is 6.08 Å². The molecule has 152 valence electrons. The van der Waals surface area contributed by atoms with E-state index in [4.69, 9.17) is 9.47 Å². The summed E-state index contributed by atoms with van der Waals surface area (Å²) < 4.78 is 36.7. The van der Waals surface area contributed by atoms with Crippen LogP contribution in [0.25, 0.3) is 0 Å². The lowest BCUT2D eigenvalue weighted by Crippen LogP contribution is -2.20. The zero-order chi connectivity index (χ0) is 21.1. The van der Waals surface area contributed by atoms with E-state index in [-0.39, 0.29) is 13.2 Å². The lowest BCUT2D eigenvalue weighted by molar-refractivity contribution is -0.138. The molecule has 3 aromatic carbocycles. The summed E-state index contributed by atoms with van der Waals surface area (Å²) in [5, 5.41) is 0. The molecular weight excluding hydrogens is 420 g/mol. The van der Waals surface area contributed by atoms with E-state index in [0.29, 0.717) is 15.5 Å². The molecule has 4 rings (SSSR count). The highest BCUT2D eigenvalue weighted by molar-refractivity contribution is 8.00. The third-order valence-electron chi connectivity index (χ3n) is 4.54. The predicted molar refractivity (Wildman–Crippen MR) is 114 cm³/mol. The molecule has 0 spiro atoms. The Bertz CT molecular complexity index is 1150. The summed E-state index contributed by atoms with van der Waals surface area (Å²) in [5.74, 6) is 0.155. The molecule has 5 nitrogen and oxygen atoms in total. The van der Waals surface area contributed by atoms with Gasteiger partial charge in [-0.2, -0.15) is 0 Å². The van der Waals surface area contributed by atoms with Crippen LogP contribution >= 0.6 is 0 Å². The Kier molecular flexibility index (Phi) is 5.65. The summed E-state index contributed by atoms with van der Waals surface area (Å²) >= 11 is 0. The van der Waals surface area contributed by atoms with Crippen LogP contribution in [0.1, 0.15) is 0 Å². The maximum Gasteiger partial charge on any atom is 0.330 e. The monoisotopic (exact) mass is 439 g/mol. The van der Waals surface area contributed by atoms with Crippen molar-refractivity contribution in [1.29, 1.82) is 0 Å². The van der Waals surface area contributed by atoms with E-state index in [1.165, 1.54) is 0 Å². The first-order chi connectivity index (χ1) is 14.5. The number of sulfone groups is 1. The van der Waals surface area contributed by atoms with Crippen molar-refractivity contribution in [2.24, 2.45) is 0 Å². The fraction of sp³-hybridized carbons (Fsp3) is 0.0870. The third kappa shape index (κ3) is 3.74. The Morgan fingerprint density at radius 2 is 1.43 bits per heavy atom. The number of carbonyl (C=O) groups excluding carboxylic acids is 1. The maximum absolute atomic E-state index is 13.1. The van der Waals surface area contributed by atoms with Crippen LogP contribution in [0.5, 0.6) is 5.75 Å². The molecule has 0 atom stereocenters. The van der Waals surface area contributed by atoms with Crippen LogP contribution in [0, 0.1) is 0 Å². The quantitative estimate of drug-likeness (QED) is 0.196. The van der Waals surface area contributed by atoms with E-state index in [2.05, 4.69) is 6.58 Å². The second kappa shape index (κ2) is 8.38. The van der Waals surface area contributed by atoms with Crippen molar-refractivity contribution < 1.29 is 22.7 Å². The number of benzene rings is 3. The van der Waals surface area contributed by atoms with Gasteiger partial charge >= 0.3 is 5.97 Å². The van der Waals surface area contributed by atoms with Gasteiger partial charge in [0.05, 0.1) is 0 Å². The molecule has 3 aromatic rings. The number of hydrogen-bond acceptors (Lipinski definition) is 5. The van der Waals surface area contributed by atoms with Crippen molar-refractivity contribution in [3.63, 3.8) is 0 Å². The molecule has 0 N–H and O–H groups in total. The van der Waals surface area contributed by atoms with Gasteiger partial charge in [-0.1, -0.05) is 30.8 Å². The van der Waals surface area contributed by atoms with Crippen LogP contribution < -0.4 is 4.74 Å². The predicted octanol–water partition coefficient (Wildman–Crippen LogP) is 4.04. The Labute approximate surface area is 178 Å². The fourth-order valence-corrected chi connectivity index (χ4v) is 7.90. The topological polar surface area (TPSA) is 69.7 Å². The van der Waals surface area contributed by atoms with Crippen molar-refractivity contribution in [1.82, 2.24) is 0 Å². The molecule has 0 fully saturated rings. The fourth-order valence-electron chi connectivity index (χ4n) is 3.21. The van der Waals surface area contributed by atoms with E-state index < -0.39 is 26.7 Å². The minimum atomic E-state index is -3.54. The van der Waals surface area contributed by atoms with Crippen molar-refractivity contribution in [2.45, 2.75) is 24.5 Å². The van der Waals surface area contributed by atoms with Crippen LogP contribution in [0.15, 0.2) is 110 Å². The van der Waals surface area contributed by atoms with E-state index in [1.54, 1.807) is 24.3 Å². The number of esters is 1. The Morgan fingerprint density at radius 3 is 2.00 bits per heavy atom. The minimum absolute atomic E-state index is 0.135. The van der Waals surface area contributed by atoms with Gasteiger partial charge in [-0.05, 0) is 48.5 Å². The molecule has 0 radical (unpaired) electrons. The molecule has 1 heterocycles. The summed E-state index contributed by atoms with van der Waals surface area (Å²) in [4.78, 5) is 14.3. The molecule has 0 bridgehead atoms. The summed E-state index contributed by atoms with van der Waals surface area (Å²) in [6.45, 7) is 3.71. The number of carbonyl (C=O) groups is 1. The van der Waals surface area contributed by atoms with Gasteiger partial charge in [-0.15, -0.1) is 0 Å². The SMILES string of the molecule is C=CC(=O)OCCOc1ccc([S+]2c3ccccc3S(=O)(=O)c3ccccc32)cc1. The van der Waals surface area contributed by atoms with Crippen LogP contribution in [0.3, 0.4) is 0 Å². The first-order valence-electron chi connectivity index (χ1n) is 9.22. The second-order valence-electron chi connectivity index (χ2n) is 6.39. The number of fused-ring (bicyclic) bond motifs is 2. The zero-order valence-electron chi connectivity index (χ0n) is 16.0. The van der Waals surface area contributed by atoms with Crippen molar-refractivity contribution in [2.75, 3.05) is 13.2 Å². The lowest BCUT2D eigenvalue weighted by atomic mass is 10.3. The van der Waals surface area contributed by atoms with Crippen molar-refractivity contribution >= 4 is 26.7 Å². The van der Waals surface area contributed by atoms with Gasteiger partial charge in [-0.3, -0.25) is 0 Å². The van der Waals surface area contributed by atoms with Crippen LogP contribution in [-0.4, -0.2) is 27.6 Å². The molecule has 7 heteroatoms. The first-order valence-corrected chi connectivity index (χ1v) is 11.9. The minimum Gasteiger partial charge on any atom is -0.490 e. The van der Waals surface area contributed by atoms with E-state index in [1.807, 2.05) is 48.5 Å². The van der Waals surface area contributed by atoms with Crippen molar-refractivity contribution in [3.8, 4) is 5.75 Å². The molecule has 0 aliphatic carbocycles. The lowest BCUT2D eigenvalue weighted by Gasteiger charge is -2.19. The van der Waals surface area contributed by atoms with E-state index in [0.717, 1.165) is 20.8 Å². The first kappa shape index (κ1) is 20.3. The molecule has 1 aliphatic heterocycles. The second-order valence-corrected chi connectivity index (χ2v) is 10.2. The Balaban J connectivity index is 1.63. The molecule has 0 amide bonds. The van der Waals surface area contributed by atoms with Gasteiger partial charge in [0.25, 0.3) is 0 Å². The summed E-state index contributed by atoms with van der Waals surface area (Å²) in [6.07, 6.45) is 1.11. The molecular formula is C23H19O5S2+. The molecule has 0 saturated heterocycles. The van der Waals surface area contributed by atoms with Crippen LogP contribution in [0.2, 0.25) is 0 Å². The smallest absolute Gasteiger partial charge is 0.330 e. The average molecular weight is 440 g/mol. The van der Waals surface area contributed by atoms with Gasteiger partial charge in [0.15, 0.2) is 14.7 Å². The van der Waals surface area contributed by atoms with Crippen LogP contribution in [0.4, 0.5) is 0 Å². The van der Waals surface area contributed by atoms with Gasteiger partial charge in [-0.25, -0.2) is 13.2 Å². The average Bonchev–Trinajstić information content (AvgIpc) is 2.78. The zero-order valence-corrected chi connectivity index (χ0v) is 17.6. The highest BCUT2D eigenvalue weighted by Gasteiger charge is 2.44. The van der Waals surface area contributed by atoms with Gasteiger partial charge < -0.3 is 9.47 Å². The summed E-state index contributed by atoms with van der Waals surface area (Å²) in [5.41, 5.74) is 0. The van der Waals surface area contributed by atoms with E-state index >= 15 is 0 Å². The highest BCUT2D eigenvalue weighted by atomic mass is 32.2. The Hall–Kier alpha value is -3.03. The maximum atomic E-state index is 13.1. The Morgan fingerprint density at radius 1 is 0.867 bits per heavy atom. The molecule has 0 saturated carbocycles.